The Bertz CT molecular complexity index is 1360. The van der Waals surface area contributed by atoms with E-state index in [0.717, 1.165) is 27.4 Å². The molecule has 0 aromatic heterocycles. The zero-order chi connectivity index (χ0) is 28.6. The van der Waals surface area contributed by atoms with Crippen molar-refractivity contribution in [3.63, 3.8) is 0 Å². The van der Waals surface area contributed by atoms with Crippen molar-refractivity contribution in [3.8, 4) is 0 Å². The summed E-state index contributed by atoms with van der Waals surface area (Å²) in [5.41, 5.74) is 3.33. The van der Waals surface area contributed by atoms with Crippen LogP contribution in [-0.4, -0.2) is 44.3 Å². The van der Waals surface area contributed by atoms with Crippen molar-refractivity contribution < 1.29 is 18.0 Å². The van der Waals surface area contributed by atoms with Crippen molar-refractivity contribution in [1.82, 2.24) is 10.2 Å². The van der Waals surface area contributed by atoms with Crippen LogP contribution in [0.1, 0.15) is 44.4 Å². The molecule has 1 atom stereocenters. The number of benzene rings is 3. The molecular weight excluding hydrogens is 510 g/mol. The van der Waals surface area contributed by atoms with Crippen LogP contribution in [0.5, 0.6) is 0 Å². The third kappa shape index (κ3) is 7.93. The van der Waals surface area contributed by atoms with Gasteiger partial charge in [0.25, 0.3) is 10.0 Å². The number of nitrogens with one attached hydrogen (secondary N) is 1. The summed E-state index contributed by atoms with van der Waals surface area (Å²) in [6, 6.07) is 22.1. The van der Waals surface area contributed by atoms with E-state index < -0.39 is 28.5 Å². The van der Waals surface area contributed by atoms with Gasteiger partial charge in [-0.3, -0.25) is 13.9 Å². The highest BCUT2D eigenvalue weighted by Crippen LogP contribution is 2.25. The van der Waals surface area contributed by atoms with Crippen LogP contribution in [0.4, 0.5) is 5.69 Å². The van der Waals surface area contributed by atoms with Crippen LogP contribution in [0.3, 0.4) is 0 Å². The molecule has 8 heteroatoms. The van der Waals surface area contributed by atoms with Gasteiger partial charge in [0, 0.05) is 13.1 Å². The molecule has 0 unspecified atom stereocenters. The minimum absolute atomic E-state index is 0.0883. The first-order valence-electron chi connectivity index (χ1n) is 13.3. The van der Waals surface area contributed by atoms with E-state index in [1.54, 1.807) is 37.3 Å². The first-order valence-corrected chi connectivity index (χ1v) is 14.8. The number of anilines is 1. The average Bonchev–Trinajstić information content (AvgIpc) is 2.93. The summed E-state index contributed by atoms with van der Waals surface area (Å²) in [4.78, 5) is 28.5. The lowest BCUT2D eigenvalue weighted by atomic mass is 10.1. The molecule has 3 rings (SSSR count). The van der Waals surface area contributed by atoms with Gasteiger partial charge < -0.3 is 10.2 Å². The number of sulfonamides is 1. The van der Waals surface area contributed by atoms with E-state index in [4.69, 9.17) is 0 Å². The SMILES string of the molecule is CCc1ccc(N(CC(=O)N(Cc2cccc(C)c2)[C@H](C)C(=O)NCC(C)C)S(=O)(=O)c2ccccc2)cc1. The number of aryl methyl sites for hydroxylation is 2. The molecule has 0 saturated carbocycles. The predicted octanol–water partition coefficient (Wildman–Crippen LogP) is 4.94. The summed E-state index contributed by atoms with van der Waals surface area (Å²) in [6.07, 6.45) is 0.803. The maximum Gasteiger partial charge on any atom is 0.264 e. The summed E-state index contributed by atoms with van der Waals surface area (Å²) in [7, 11) is -4.06. The van der Waals surface area contributed by atoms with E-state index in [1.807, 2.05) is 64.1 Å². The lowest BCUT2D eigenvalue weighted by molar-refractivity contribution is -0.139. The molecule has 0 aliphatic heterocycles. The third-order valence-corrected chi connectivity index (χ3v) is 8.32. The fourth-order valence-electron chi connectivity index (χ4n) is 4.19. The minimum atomic E-state index is -4.06. The summed E-state index contributed by atoms with van der Waals surface area (Å²) in [6.45, 7) is 9.85. The van der Waals surface area contributed by atoms with Crippen molar-refractivity contribution in [2.24, 2.45) is 5.92 Å². The number of rotatable bonds is 12. The van der Waals surface area contributed by atoms with Gasteiger partial charge in [-0.1, -0.05) is 80.9 Å². The smallest absolute Gasteiger partial charge is 0.264 e. The Hall–Kier alpha value is -3.65. The number of carbonyl (C=O) groups excluding carboxylic acids is 2. The monoisotopic (exact) mass is 549 g/mol. The maximum absolute atomic E-state index is 13.9. The van der Waals surface area contributed by atoms with E-state index in [1.165, 1.54) is 17.0 Å². The van der Waals surface area contributed by atoms with Gasteiger partial charge in [0.1, 0.15) is 12.6 Å². The molecule has 39 heavy (non-hydrogen) atoms. The van der Waals surface area contributed by atoms with Crippen molar-refractivity contribution in [2.45, 2.75) is 58.5 Å². The van der Waals surface area contributed by atoms with E-state index in [9.17, 15) is 18.0 Å². The normalized spacial score (nSPS) is 12.2. The van der Waals surface area contributed by atoms with E-state index in [-0.39, 0.29) is 23.3 Å². The van der Waals surface area contributed by atoms with Gasteiger partial charge in [-0.05, 0) is 61.6 Å². The molecule has 0 aliphatic carbocycles. The zero-order valence-corrected chi connectivity index (χ0v) is 24.2. The van der Waals surface area contributed by atoms with Crippen molar-refractivity contribution in [2.75, 3.05) is 17.4 Å². The van der Waals surface area contributed by atoms with E-state index >= 15 is 0 Å². The Balaban J connectivity index is 2.00. The lowest BCUT2D eigenvalue weighted by Crippen LogP contribution is -2.51. The van der Waals surface area contributed by atoms with Crippen LogP contribution in [-0.2, 0) is 32.6 Å². The standard InChI is InChI=1S/C31H39N3O4S/c1-6-26-15-17-28(18-16-26)34(39(37,38)29-13-8-7-9-14-29)22-30(35)33(21-27-12-10-11-24(4)19-27)25(5)31(36)32-20-23(2)3/h7-19,23,25H,6,20-22H2,1-5H3,(H,32,36)/t25-/m1/s1. The predicted molar refractivity (Wildman–Crippen MR) is 156 cm³/mol. The molecule has 0 saturated heterocycles. The van der Waals surface area contributed by atoms with Gasteiger partial charge in [-0.15, -0.1) is 0 Å². The average molecular weight is 550 g/mol. The molecule has 0 fully saturated rings. The molecule has 0 radical (unpaired) electrons. The highest BCUT2D eigenvalue weighted by atomic mass is 32.2. The number of amides is 2. The topological polar surface area (TPSA) is 86.8 Å². The van der Waals surface area contributed by atoms with Crippen molar-refractivity contribution in [3.05, 3.63) is 95.6 Å². The van der Waals surface area contributed by atoms with Crippen LogP contribution in [0.2, 0.25) is 0 Å². The second kappa shape index (κ2) is 13.4. The second-order valence-corrected chi connectivity index (χ2v) is 12.0. The molecule has 0 bridgehead atoms. The quantitative estimate of drug-likeness (QED) is 0.347. The summed E-state index contributed by atoms with van der Waals surface area (Å²) < 4.78 is 28.7. The maximum atomic E-state index is 13.9. The molecule has 0 spiro atoms. The van der Waals surface area contributed by atoms with E-state index in [2.05, 4.69) is 5.32 Å². The van der Waals surface area contributed by atoms with Crippen LogP contribution >= 0.6 is 0 Å². The van der Waals surface area contributed by atoms with Gasteiger partial charge >= 0.3 is 0 Å². The summed E-state index contributed by atoms with van der Waals surface area (Å²) >= 11 is 0. The van der Waals surface area contributed by atoms with Crippen LogP contribution < -0.4 is 9.62 Å². The van der Waals surface area contributed by atoms with Crippen LogP contribution in [0.15, 0.2) is 83.8 Å². The Labute approximate surface area is 232 Å². The molecular formula is C31H39N3O4S. The number of hydrogen-bond donors (Lipinski definition) is 1. The Kier molecular flexibility index (Phi) is 10.3. The molecule has 3 aromatic rings. The largest absolute Gasteiger partial charge is 0.354 e. The summed E-state index contributed by atoms with van der Waals surface area (Å²) in [5.74, 6) is -0.503. The molecule has 7 nitrogen and oxygen atoms in total. The third-order valence-electron chi connectivity index (χ3n) is 6.53. The van der Waals surface area contributed by atoms with Crippen molar-refractivity contribution >= 4 is 27.5 Å². The number of carbonyl (C=O) groups is 2. The van der Waals surface area contributed by atoms with Gasteiger partial charge in [-0.25, -0.2) is 8.42 Å². The summed E-state index contributed by atoms with van der Waals surface area (Å²) in [5, 5.41) is 2.90. The van der Waals surface area contributed by atoms with Crippen LogP contribution in [0.25, 0.3) is 0 Å². The molecule has 208 valence electrons. The fourth-order valence-corrected chi connectivity index (χ4v) is 5.62. The Morgan fingerprint density at radius 1 is 0.872 bits per heavy atom. The number of nitrogens with zero attached hydrogens (tertiary/aromatic N) is 2. The highest BCUT2D eigenvalue weighted by molar-refractivity contribution is 7.92. The fraction of sp³-hybridized carbons (Fsp3) is 0.355. The van der Waals surface area contributed by atoms with Gasteiger partial charge in [0.05, 0.1) is 10.6 Å². The molecule has 1 N–H and O–H groups in total. The zero-order valence-electron chi connectivity index (χ0n) is 23.4. The van der Waals surface area contributed by atoms with Gasteiger partial charge in [0.15, 0.2) is 0 Å². The number of hydrogen-bond acceptors (Lipinski definition) is 4. The van der Waals surface area contributed by atoms with Crippen LogP contribution in [0, 0.1) is 12.8 Å². The highest BCUT2D eigenvalue weighted by Gasteiger charge is 2.32. The van der Waals surface area contributed by atoms with Gasteiger partial charge in [-0.2, -0.15) is 0 Å². The Morgan fingerprint density at radius 2 is 1.54 bits per heavy atom. The molecule has 0 aliphatic rings. The first-order chi connectivity index (χ1) is 18.5. The first kappa shape index (κ1) is 29.9. The second-order valence-electron chi connectivity index (χ2n) is 10.2. The molecule has 0 heterocycles. The van der Waals surface area contributed by atoms with E-state index in [0.29, 0.717) is 12.2 Å². The van der Waals surface area contributed by atoms with Gasteiger partial charge in [0.2, 0.25) is 11.8 Å². The lowest BCUT2D eigenvalue weighted by Gasteiger charge is -2.32. The minimum Gasteiger partial charge on any atom is -0.354 e. The Morgan fingerprint density at radius 3 is 2.13 bits per heavy atom. The molecule has 3 aromatic carbocycles. The van der Waals surface area contributed by atoms with Crippen molar-refractivity contribution in [1.29, 1.82) is 0 Å². The molecule has 2 amide bonds.